The number of ketones is 1. The highest BCUT2D eigenvalue weighted by Crippen LogP contribution is 2.07. The van der Waals surface area contributed by atoms with Crippen molar-refractivity contribution in [2.75, 3.05) is 0 Å². The Labute approximate surface area is 105 Å². The summed E-state index contributed by atoms with van der Waals surface area (Å²) in [4.78, 5) is 11.9. The minimum absolute atomic E-state index is 0.140. The molecule has 0 atom stereocenters. The fourth-order valence-corrected chi connectivity index (χ4v) is 1.66. The number of aromatic nitrogens is 2. The molecule has 2 rings (SSSR count). The molecular formula is C14H13FN2O. The molecule has 0 radical (unpaired) electrons. The van der Waals surface area contributed by atoms with Gasteiger partial charge in [0.15, 0.2) is 0 Å². The average Bonchev–Trinajstić information content (AvgIpc) is 2.84. The van der Waals surface area contributed by atoms with Crippen molar-refractivity contribution in [3.63, 3.8) is 0 Å². The minimum atomic E-state index is -0.316. The predicted molar refractivity (Wildman–Crippen MR) is 67.7 cm³/mol. The first-order chi connectivity index (χ1) is 8.70. The molecule has 1 aromatic heterocycles. The first-order valence-corrected chi connectivity index (χ1v) is 5.70. The summed E-state index contributed by atoms with van der Waals surface area (Å²) in [6.45, 7) is 2.56. The fourth-order valence-electron chi connectivity index (χ4n) is 1.66. The molecule has 1 aromatic carbocycles. The van der Waals surface area contributed by atoms with Crippen LogP contribution in [0, 0.1) is 5.82 Å². The molecule has 0 aliphatic rings. The van der Waals surface area contributed by atoms with Crippen LogP contribution in [0.5, 0.6) is 0 Å². The third-order valence-electron chi connectivity index (χ3n) is 2.54. The van der Waals surface area contributed by atoms with Crippen LogP contribution in [0.3, 0.4) is 0 Å². The highest BCUT2D eigenvalue weighted by molar-refractivity contribution is 6.05. The van der Waals surface area contributed by atoms with Gasteiger partial charge >= 0.3 is 0 Å². The number of aryl methyl sites for hydroxylation is 1. The van der Waals surface area contributed by atoms with E-state index in [0.29, 0.717) is 17.8 Å². The molecule has 0 bridgehead atoms. The Balaban J connectivity index is 2.17. The maximum absolute atomic E-state index is 13.0. The van der Waals surface area contributed by atoms with Crippen LogP contribution < -0.4 is 0 Å². The minimum Gasteiger partial charge on any atom is -0.288 e. The first kappa shape index (κ1) is 12.2. The van der Waals surface area contributed by atoms with Crippen LogP contribution in [0.15, 0.2) is 42.6 Å². The molecule has 4 heteroatoms. The molecule has 0 amide bonds. The van der Waals surface area contributed by atoms with Gasteiger partial charge in [-0.2, -0.15) is 5.10 Å². The van der Waals surface area contributed by atoms with E-state index < -0.39 is 0 Å². The zero-order chi connectivity index (χ0) is 13.0. The summed E-state index contributed by atoms with van der Waals surface area (Å²) >= 11 is 0. The lowest BCUT2D eigenvalue weighted by atomic mass is 10.1. The average molecular weight is 244 g/mol. The molecule has 0 aliphatic heterocycles. The lowest BCUT2D eigenvalue weighted by Crippen LogP contribution is -2.07. The summed E-state index contributed by atoms with van der Waals surface area (Å²) in [7, 11) is 0. The zero-order valence-corrected chi connectivity index (χ0v) is 10.0. The Bertz CT molecular complexity index is 587. The van der Waals surface area contributed by atoms with Crippen molar-refractivity contribution < 1.29 is 9.18 Å². The number of hydrogen-bond donors (Lipinski definition) is 0. The highest BCUT2D eigenvalue weighted by Gasteiger charge is 2.07. The molecule has 2 aromatic rings. The molecule has 0 saturated carbocycles. The largest absolute Gasteiger partial charge is 0.288 e. The fraction of sp³-hybridized carbons (Fsp3) is 0.143. The maximum Gasteiger partial charge on any atom is 0.203 e. The Morgan fingerprint density at radius 2 is 2.28 bits per heavy atom. The van der Waals surface area contributed by atoms with Crippen molar-refractivity contribution in [1.29, 1.82) is 0 Å². The molecule has 3 nitrogen and oxygen atoms in total. The summed E-state index contributed by atoms with van der Waals surface area (Å²) < 4.78 is 14.6. The van der Waals surface area contributed by atoms with Gasteiger partial charge in [0.2, 0.25) is 5.78 Å². The van der Waals surface area contributed by atoms with Crippen molar-refractivity contribution in [2.45, 2.75) is 13.5 Å². The van der Waals surface area contributed by atoms with Gasteiger partial charge in [0, 0.05) is 12.7 Å². The van der Waals surface area contributed by atoms with Crippen molar-refractivity contribution in [3.05, 3.63) is 59.7 Å². The topological polar surface area (TPSA) is 34.9 Å². The van der Waals surface area contributed by atoms with Gasteiger partial charge in [-0.15, -0.1) is 0 Å². The number of allylic oxidation sites excluding steroid dienone is 1. The first-order valence-electron chi connectivity index (χ1n) is 5.70. The third kappa shape index (κ3) is 2.71. The Kier molecular flexibility index (Phi) is 3.67. The van der Waals surface area contributed by atoms with E-state index in [-0.39, 0.29) is 11.6 Å². The van der Waals surface area contributed by atoms with Gasteiger partial charge in [0.05, 0.1) is 0 Å². The standard InChI is InChI=1S/C14H13FN2O/c1-2-17-13(8-9-16-17)14(18)7-6-11-4-3-5-12(15)10-11/h3-10H,2H2,1H3/b7-6+. The van der Waals surface area contributed by atoms with Crippen molar-refractivity contribution in [1.82, 2.24) is 9.78 Å². The summed E-state index contributed by atoms with van der Waals surface area (Å²) in [5, 5.41) is 4.03. The van der Waals surface area contributed by atoms with Gasteiger partial charge in [-0.3, -0.25) is 9.48 Å². The number of benzene rings is 1. The number of hydrogen-bond acceptors (Lipinski definition) is 2. The summed E-state index contributed by atoms with van der Waals surface area (Å²) in [5.74, 6) is -0.457. The number of halogens is 1. The summed E-state index contributed by atoms with van der Waals surface area (Å²) in [6.07, 6.45) is 4.61. The summed E-state index contributed by atoms with van der Waals surface area (Å²) in [6, 6.07) is 7.76. The number of carbonyl (C=O) groups is 1. The molecule has 0 spiro atoms. The molecular weight excluding hydrogens is 231 g/mol. The van der Waals surface area contributed by atoms with Gasteiger partial charge in [-0.1, -0.05) is 18.2 Å². The van der Waals surface area contributed by atoms with E-state index in [1.54, 1.807) is 35.2 Å². The van der Waals surface area contributed by atoms with E-state index in [4.69, 9.17) is 0 Å². The normalized spacial score (nSPS) is 11.0. The maximum atomic E-state index is 13.0. The van der Waals surface area contributed by atoms with E-state index >= 15 is 0 Å². The van der Waals surface area contributed by atoms with Gasteiger partial charge < -0.3 is 0 Å². The van der Waals surface area contributed by atoms with Gasteiger partial charge in [-0.05, 0) is 36.8 Å². The third-order valence-corrected chi connectivity index (χ3v) is 2.54. The number of nitrogens with zero attached hydrogens (tertiary/aromatic N) is 2. The molecule has 0 saturated heterocycles. The lowest BCUT2D eigenvalue weighted by Gasteiger charge is -2.00. The van der Waals surface area contributed by atoms with Crippen LogP contribution in [0.2, 0.25) is 0 Å². The zero-order valence-electron chi connectivity index (χ0n) is 10.0. The summed E-state index contributed by atoms with van der Waals surface area (Å²) in [5.41, 5.74) is 1.19. The Morgan fingerprint density at radius 1 is 1.44 bits per heavy atom. The molecule has 0 N–H and O–H groups in total. The molecule has 0 unspecified atom stereocenters. The van der Waals surface area contributed by atoms with Crippen molar-refractivity contribution in [3.8, 4) is 0 Å². The molecule has 18 heavy (non-hydrogen) atoms. The molecule has 1 heterocycles. The van der Waals surface area contributed by atoms with Crippen LogP contribution in [0.4, 0.5) is 4.39 Å². The molecule has 0 aliphatic carbocycles. The monoisotopic (exact) mass is 244 g/mol. The van der Waals surface area contributed by atoms with Crippen LogP contribution in [-0.4, -0.2) is 15.6 Å². The van der Waals surface area contributed by atoms with Crippen LogP contribution in [0.1, 0.15) is 23.0 Å². The number of carbonyl (C=O) groups excluding carboxylic acids is 1. The molecule has 0 fully saturated rings. The second kappa shape index (κ2) is 5.40. The Morgan fingerprint density at radius 3 is 3.00 bits per heavy atom. The second-order valence-corrected chi connectivity index (χ2v) is 3.78. The smallest absolute Gasteiger partial charge is 0.203 e. The second-order valence-electron chi connectivity index (χ2n) is 3.78. The van der Waals surface area contributed by atoms with E-state index in [1.807, 2.05) is 6.92 Å². The Hall–Kier alpha value is -2.23. The molecule has 92 valence electrons. The number of rotatable bonds is 4. The lowest BCUT2D eigenvalue weighted by molar-refractivity contribution is 0.103. The van der Waals surface area contributed by atoms with E-state index in [1.165, 1.54) is 18.2 Å². The quantitative estimate of drug-likeness (QED) is 0.612. The van der Waals surface area contributed by atoms with Gasteiger partial charge in [-0.25, -0.2) is 4.39 Å². The SMILES string of the molecule is CCn1nccc1C(=O)/C=C/c1cccc(F)c1. The van der Waals surface area contributed by atoms with Crippen LogP contribution in [0.25, 0.3) is 6.08 Å². The van der Waals surface area contributed by atoms with Gasteiger partial charge in [0.25, 0.3) is 0 Å². The predicted octanol–water partition coefficient (Wildman–Crippen LogP) is 2.94. The van der Waals surface area contributed by atoms with Crippen LogP contribution in [-0.2, 0) is 6.54 Å². The van der Waals surface area contributed by atoms with Crippen molar-refractivity contribution >= 4 is 11.9 Å². The van der Waals surface area contributed by atoms with Gasteiger partial charge in [0.1, 0.15) is 11.5 Å². The van der Waals surface area contributed by atoms with Crippen molar-refractivity contribution in [2.24, 2.45) is 0 Å². The van der Waals surface area contributed by atoms with Crippen LogP contribution >= 0.6 is 0 Å². The van der Waals surface area contributed by atoms with E-state index in [9.17, 15) is 9.18 Å². The van der Waals surface area contributed by atoms with E-state index in [0.717, 1.165) is 0 Å². The van der Waals surface area contributed by atoms with E-state index in [2.05, 4.69) is 5.10 Å². The highest BCUT2D eigenvalue weighted by atomic mass is 19.1.